The number of nitrogens with two attached hydrogens (primary N) is 1. The van der Waals surface area contributed by atoms with Gasteiger partial charge in [-0.15, -0.1) is 0 Å². The minimum Gasteiger partial charge on any atom is -0.330 e. The lowest BCUT2D eigenvalue weighted by Crippen LogP contribution is -2.40. The van der Waals surface area contributed by atoms with Crippen LogP contribution in [0.1, 0.15) is 31.2 Å². The Labute approximate surface area is 117 Å². The average molecular weight is 278 g/mol. The number of benzene rings is 1. The molecule has 1 aliphatic carbocycles. The third-order valence-electron chi connectivity index (χ3n) is 3.75. The molecule has 0 heterocycles. The van der Waals surface area contributed by atoms with E-state index in [2.05, 4.69) is 5.32 Å². The molecule has 1 aliphatic rings. The largest absolute Gasteiger partial charge is 0.330 e. The van der Waals surface area contributed by atoms with Crippen molar-refractivity contribution in [3.63, 3.8) is 0 Å². The molecule has 1 fully saturated rings. The highest BCUT2D eigenvalue weighted by Crippen LogP contribution is 2.43. The fraction of sp³-hybridized carbons (Fsp3) is 0.429. The molecule has 5 heteroatoms. The van der Waals surface area contributed by atoms with Gasteiger partial charge in [0.15, 0.2) is 0 Å². The summed E-state index contributed by atoms with van der Waals surface area (Å²) >= 11 is 5.84. The molecule has 0 aromatic heterocycles. The summed E-state index contributed by atoms with van der Waals surface area (Å²) in [6.07, 6.45) is 3.61. The highest BCUT2D eigenvalue weighted by atomic mass is 35.5. The van der Waals surface area contributed by atoms with E-state index in [1.807, 2.05) is 6.07 Å². The monoisotopic (exact) mass is 277 g/mol. The number of rotatable bonds is 4. The van der Waals surface area contributed by atoms with Crippen molar-refractivity contribution in [2.45, 2.75) is 25.7 Å². The van der Waals surface area contributed by atoms with E-state index in [1.54, 1.807) is 18.2 Å². The topological polar surface area (TPSA) is 78.9 Å². The summed E-state index contributed by atoms with van der Waals surface area (Å²) in [6, 6.07) is 6.87. The molecule has 0 aliphatic heterocycles. The first-order valence-electron chi connectivity index (χ1n) is 6.28. The summed E-state index contributed by atoms with van der Waals surface area (Å²) < 4.78 is 0. The van der Waals surface area contributed by atoms with Crippen LogP contribution >= 0.6 is 11.6 Å². The second kappa shape index (κ2) is 5.60. The van der Waals surface area contributed by atoms with Gasteiger partial charge in [0.25, 0.3) is 0 Å². The molecule has 1 saturated carbocycles. The molecule has 1 aromatic carbocycles. The van der Waals surface area contributed by atoms with Crippen molar-refractivity contribution < 1.29 is 4.79 Å². The Morgan fingerprint density at radius 1 is 1.53 bits per heavy atom. The smallest absolute Gasteiger partial charge is 0.224 e. The van der Waals surface area contributed by atoms with Crippen LogP contribution in [-0.4, -0.2) is 12.5 Å². The molecular weight excluding hydrogens is 262 g/mol. The summed E-state index contributed by atoms with van der Waals surface area (Å²) in [5.41, 5.74) is 6.67. The average Bonchev–Trinajstić information content (AvgIpc) is 2.36. The fourth-order valence-corrected chi connectivity index (χ4v) is 2.52. The Balaban J connectivity index is 2.01. The molecule has 0 atom stereocenters. The van der Waals surface area contributed by atoms with Gasteiger partial charge in [-0.1, -0.05) is 18.0 Å². The first-order valence-corrected chi connectivity index (χ1v) is 6.66. The van der Waals surface area contributed by atoms with Crippen LogP contribution in [0.15, 0.2) is 18.2 Å². The zero-order chi connectivity index (χ0) is 13.9. The molecular formula is C14H16ClN3O. The van der Waals surface area contributed by atoms with Crippen LogP contribution in [0.5, 0.6) is 0 Å². The van der Waals surface area contributed by atoms with Crippen molar-refractivity contribution in [1.29, 1.82) is 5.26 Å². The van der Waals surface area contributed by atoms with Gasteiger partial charge in [0.2, 0.25) is 5.91 Å². The van der Waals surface area contributed by atoms with Crippen LogP contribution in [-0.2, 0) is 4.79 Å². The molecule has 1 amide bonds. The first kappa shape index (κ1) is 13.9. The van der Waals surface area contributed by atoms with Crippen LogP contribution in [0.3, 0.4) is 0 Å². The van der Waals surface area contributed by atoms with Crippen molar-refractivity contribution in [3.05, 3.63) is 28.8 Å². The third-order valence-corrected chi connectivity index (χ3v) is 4.08. The highest BCUT2D eigenvalue weighted by Gasteiger charge is 2.37. The van der Waals surface area contributed by atoms with Gasteiger partial charge in [-0.05, 0) is 43.0 Å². The van der Waals surface area contributed by atoms with Gasteiger partial charge in [-0.3, -0.25) is 4.79 Å². The number of anilines is 1. The van der Waals surface area contributed by atoms with Gasteiger partial charge in [0.05, 0.1) is 10.6 Å². The quantitative estimate of drug-likeness (QED) is 0.888. The Morgan fingerprint density at radius 3 is 2.79 bits per heavy atom. The molecule has 0 bridgehead atoms. The number of nitriles is 1. The molecule has 0 radical (unpaired) electrons. The van der Waals surface area contributed by atoms with Crippen LogP contribution < -0.4 is 11.1 Å². The Hall–Kier alpha value is -1.57. The second-order valence-corrected chi connectivity index (χ2v) is 5.50. The van der Waals surface area contributed by atoms with Gasteiger partial charge in [-0.25, -0.2) is 0 Å². The fourth-order valence-electron chi connectivity index (χ4n) is 2.36. The summed E-state index contributed by atoms with van der Waals surface area (Å²) in [6.45, 7) is 0.546. The maximum Gasteiger partial charge on any atom is 0.224 e. The predicted molar refractivity (Wildman–Crippen MR) is 74.8 cm³/mol. The van der Waals surface area contributed by atoms with E-state index in [1.165, 1.54) is 0 Å². The summed E-state index contributed by atoms with van der Waals surface area (Å²) in [4.78, 5) is 12.0. The summed E-state index contributed by atoms with van der Waals surface area (Å²) in [7, 11) is 0. The molecule has 0 unspecified atom stereocenters. The van der Waals surface area contributed by atoms with Crippen LogP contribution in [0.2, 0.25) is 5.02 Å². The normalized spacial score (nSPS) is 16.3. The molecule has 4 nitrogen and oxygen atoms in total. The van der Waals surface area contributed by atoms with E-state index in [9.17, 15) is 4.79 Å². The Bertz CT molecular complexity index is 526. The standard InChI is InChI=1S/C14H16ClN3O/c15-12-3-2-11(6-10(12)8-16)18-13(19)7-14(9-17)4-1-5-14/h2-3,6H,1,4-5,7,9,17H2,(H,18,19). The minimum atomic E-state index is -0.0589. The number of carbonyl (C=O) groups is 1. The number of hydrogen-bond acceptors (Lipinski definition) is 3. The number of nitrogens with zero attached hydrogens (tertiary/aromatic N) is 1. The van der Waals surface area contributed by atoms with Crippen LogP contribution in [0, 0.1) is 16.7 Å². The van der Waals surface area contributed by atoms with E-state index in [4.69, 9.17) is 22.6 Å². The minimum absolute atomic E-state index is 0.0193. The molecule has 19 heavy (non-hydrogen) atoms. The van der Waals surface area contributed by atoms with Crippen molar-refractivity contribution in [2.24, 2.45) is 11.1 Å². The number of nitrogens with one attached hydrogen (secondary N) is 1. The Kier molecular flexibility index (Phi) is 4.08. The molecule has 3 N–H and O–H groups in total. The Morgan fingerprint density at radius 2 is 2.26 bits per heavy atom. The molecule has 0 spiro atoms. The van der Waals surface area contributed by atoms with E-state index in [-0.39, 0.29) is 11.3 Å². The van der Waals surface area contributed by atoms with E-state index >= 15 is 0 Å². The van der Waals surface area contributed by atoms with Gasteiger partial charge in [0.1, 0.15) is 6.07 Å². The molecule has 1 aromatic rings. The van der Waals surface area contributed by atoms with Gasteiger partial charge in [-0.2, -0.15) is 5.26 Å². The molecule has 0 saturated heterocycles. The number of hydrogen-bond donors (Lipinski definition) is 2. The first-order chi connectivity index (χ1) is 9.08. The van der Waals surface area contributed by atoms with E-state index in [0.29, 0.717) is 29.2 Å². The van der Waals surface area contributed by atoms with Crippen molar-refractivity contribution in [2.75, 3.05) is 11.9 Å². The zero-order valence-corrected chi connectivity index (χ0v) is 11.3. The molecule has 2 rings (SSSR count). The summed E-state index contributed by atoms with van der Waals surface area (Å²) in [5, 5.41) is 12.1. The van der Waals surface area contributed by atoms with Crippen LogP contribution in [0.4, 0.5) is 5.69 Å². The van der Waals surface area contributed by atoms with Crippen molar-refractivity contribution in [1.82, 2.24) is 0 Å². The van der Waals surface area contributed by atoms with E-state index < -0.39 is 0 Å². The lowest BCUT2D eigenvalue weighted by Gasteiger charge is -2.40. The number of amides is 1. The maximum absolute atomic E-state index is 12.0. The summed E-state index contributed by atoms with van der Waals surface area (Å²) in [5.74, 6) is -0.0589. The lowest BCUT2D eigenvalue weighted by molar-refractivity contribution is -0.119. The van der Waals surface area contributed by atoms with Crippen molar-refractivity contribution >= 4 is 23.2 Å². The van der Waals surface area contributed by atoms with Gasteiger partial charge >= 0.3 is 0 Å². The van der Waals surface area contributed by atoms with Crippen molar-refractivity contribution in [3.8, 4) is 6.07 Å². The van der Waals surface area contributed by atoms with Gasteiger partial charge in [0, 0.05) is 12.1 Å². The van der Waals surface area contributed by atoms with Gasteiger partial charge < -0.3 is 11.1 Å². The third kappa shape index (κ3) is 3.06. The zero-order valence-electron chi connectivity index (χ0n) is 10.6. The predicted octanol–water partition coefficient (Wildman–Crippen LogP) is 2.67. The molecule has 100 valence electrons. The van der Waals surface area contributed by atoms with Crippen LogP contribution in [0.25, 0.3) is 0 Å². The second-order valence-electron chi connectivity index (χ2n) is 5.09. The number of halogens is 1. The highest BCUT2D eigenvalue weighted by molar-refractivity contribution is 6.31. The lowest BCUT2D eigenvalue weighted by atomic mass is 9.66. The maximum atomic E-state index is 12.0. The van der Waals surface area contributed by atoms with E-state index in [0.717, 1.165) is 19.3 Å². The number of carbonyl (C=O) groups excluding carboxylic acids is 1. The SMILES string of the molecule is N#Cc1cc(NC(=O)CC2(CN)CCC2)ccc1Cl.